The molecule has 4 nitrogen and oxygen atoms in total. The Kier molecular flexibility index (Phi) is 6.00. The first-order chi connectivity index (χ1) is 14.1. The minimum Gasteiger partial charge on any atom is -0.307 e. The molecule has 0 aliphatic heterocycles. The molecule has 1 N–H and O–H groups in total. The number of halogens is 5. The molecule has 3 rings (SSSR count). The van der Waals surface area contributed by atoms with E-state index in [0.29, 0.717) is 11.6 Å². The van der Waals surface area contributed by atoms with Crippen molar-refractivity contribution in [1.82, 2.24) is 9.78 Å². The molecular formula is C21H16F5N3O. The number of anilines is 1. The number of alkyl halides is 3. The smallest absolute Gasteiger partial charge is 0.307 e. The summed E-state index contributed by atoms with van der Waals surface area (Å²) in [5.41, 5.74) is -0.848. The maximum atomic E-state index is 13.9. The third-order valence-corrected chi connectivity index (χ3v) is 4.26. The van der Waals surface area contributed by atoms with E-state index in [9.17, 15) is 26.7 Å². The number of rotatable bonds is 5. The second kappa shape index (κ2) is 8.48. The maximum absolute atomic E-state index is 13.9. The molecule has 0 spiro atoms. The molecule has 1 heterocycles. The number of aryl methyl sites for hydroxylation is 1. The van der Waals surface area contributed by atoms with Crippen molar-refractivity contribution in [2.45, 2.75) is 19.6 Å². The highest BCUT2D eigenvalue weighted by atomic mass is 19.4. The average molecular weight is 421 g/mol. The number of hydrogen-bond acceptors (Lipinski definition) is 2. The zero-order chi connectivity index (χ0) is 21.9. The van der Waals surface area contributed by atoms with E-state index in [4.69, 9.17) is 0 Å². The summed E-state index contributed by atoms with van der Waals surface area (Å²) < 4.78 is 68.8. The van der Waals surface area contributed by atoms with E-state index in [2.05, 4.69) is 10.4 Å². The molecule has 0 atom stereocenters. The van der Waals surface area contributed by atoms with Crippen LogP contribution in [0.1, 0.15) is 16.7 Å². The van der Waals surface area contributed by atoms with Crippen LogP contribution in [-0.4, -0.2) is 21.9 Å². The molecule has 0 aliphatic rings. The minimum absolute atomic E-state index is 0.0237. The van der Waals surface area contributed by atoms with Crippen LogP contribution in [0.25, 0.3) is 5.57 Å². The van der Waals surface area contributed by atoms with Crippen LogP contribution < -0.4 is 5.32 Å². The Hall–Kier alpha value is -3.49. The fourth-order valence-corrected chi connectivity index (χ4v) is 2.82. The Bertz CT molecular complexity index is 1090. The topological polar surface area (TPSA) is 46.9 Å². The standard InChI is InChI=1S/C21H16F5N3O/c1-13-11-27-29(12-15-9-16(22)7-8-18(15)23)20(13)28-19(30)10-17(21(24,25)26)14-5-3-2-4-6-14/h2-11H,12H2,1H3,(H,28,30)/b17-10-. The Morgan fingerprint density at radius 3 is 2.50 bits per heavy atom. The first-order valence-electron chi connectivity index (χ1n) is 8.77. The van der Waals surface area contributed by atoms with Crippen LogP contribution >= 0.6 is 0 Å². The molecule has 156 valence electrons. The van der Waals surface area contributed by atoms with E-state index in [1.165, 1.54) is 35.1 Å². The van der Waals surface area contributed by atoms with Crippen LogP contribution in [0.3, 0.4) is 0 Å². The molecular weight excluding hydrogens is 405 g/mol. The predicted molar refractivity (Wildman–Crippen MR) is 102 cm³/mol. The summed E-state index contributed by atoms with van der Waals surface area (Å²) in [5, 5.41) is 6.35. The molecule has 1 amide bonds. The summed E-state index contributed by atoms with van der Waals surface area (Å²) in [6.07, 6.45) is -2.94. The first-order valence-corrected chi connectivity index (χ1v) is 8.77. The fourth-order valence-electron chi connectivity index (χ4n) is 2.82. The Labute approximate surface area is 168 Å². The molecule has 9 heteroatoms. The molecule has 0 fully saturated rings. The van der Waals surface area contributed by atoms with E-state index in [0.717, 1.165) is 18.2 Å². The van der Waals surface area contributed by atoms with Gasteiger partial charge in [-0.2, -0.15) is 18.3 Å². The zero-order valence-electron chi connectivity index (χ0n) is 15.7. The van der Waals surface area contributed by atoms with Crippen molar-refractivity contribution in [3.05, 3.63) is 89.1 Å². The second-order valence-electron chi connectivity index (χ2n) is 6.48. The van der Waals surface area contributed by atoms with E-state index in [-0.39, 0.29) is 23.5 Å². The van der Waals surface area contributed by atoms with Gasteiger partial charge >= 0.3 is 6.18 Å². The predicted octanol–water partition coefficient (Wildman–Crippen LogP) is 5.10. The Morgan fingerprint density at radius 2 is 1.83 bits per heavy atom. The van der Waals surface area contributed by atoms with Crippen LogP contribution in [-0.2, 0) is 11.3 Å². The number of carbonyl (C=O) groups is 1. The van der Waals surface area contributed by atoms with Crippen molar-refractivity contribution in [3.8, 4) is 0 Å². The van der Waals surface area contributed by atoms with Gasteiger partial charge in [0, 0.05) is 17.2 Å². The lowest BCUT2D eigenvalue weighted by Crippen LogP contribution is -2.18. The number of carbonyl (C=O) groups excluding carboxylic acids is 1. The van der Waals surface area contributed by atoms with Crippen LogP contribution in [0.5, 0.6) is 0 Å². The van der Waals surface area contributed by atoms with Gasteiger partial charge in [0.2, 0.25) is 5.91 Å². The minimum atomic E-state index is -4.75. The third kappa shape index (κ3) is 4.91. The summed E-state index contributed by atoms with van der Waals surface area (Å²) in [5.74, 6) is -2.28. The summed E-state index contributed by atoms with van der Waals surface area (Å²) in [7, 11) is 0. The average Bonchev–Trinajstić information content (AvgIpc) is 3.02. The van der Waals surface area contributed by atoms with Crippen molar-refractivity contribution in [2.24, 2.45) is 0 Å². The van der Waals surface area contributed by atoms with Gasteiger partial charge in [-0.1, -0.05) is 30.3 Å². The van der Waals surface area contributed by atoms with E-state index in [1.807, 2.05) is 0 Å². The number of benzene rings is 2. The van der Waals surface area contributed by atoms with Crippen molar-refractivity contribution >= 4 is 17.3 Å². The lowest BCUT2D eigenvalue weighted by Gasteiger charge is -2.13. The van der Waals surface area contributed by atoms with Gasteiger partial charge in [0.25, 0.3) is 0 Å². The largest absolute Gasteiger partial charge is 0.417 e. The Morgan fingerprint density at radius 1 is 1.13 bits per heavy atom. The molecule has 30 heavy (non-hydrogen) atoms. The lowest BCUT2D eigenvalue weighted by atomic mass is 10.1. The summed E-state index contributed by atoms with van der Waals surface area (Å²) in [4.78, 5) is 12.4. The second-order valence-corrected chi connectivity index (χ2v) is 6.48. The van der Waals surface area contributed by atoms with Crippen molar-refractivity contribution in [3.63, 3.8) is 0 Å². The zero-order valence-corrected chi connectivity index (χ0v) is 15.7. The van der Waals surface area contributed by atoms with Gasteiger partial charge in [-0.05, 0) is 30.7 Å². The number of allylic oxidation sites excluding steroid dienone is 1. The highest BCUT2D eigenvalue weighted by Gasteiger charge is 2.35. The van der Waals surface area contributed by atoms with Gasteiger partial charge in [-0.3, -0.25) is 4.79 Å². The highest BCUT2D eigenvalue weighted by Crippen LogP contribution is 2.33. The molecule has 0 unspecified atom stereocenters. The molecule has 0 bridgehead atoms. The van der Waals surface area contributed by atoms with Gasteiger partial charge in [0.1, 0.15) is 17.5 Å². The number of aromatic nitrogens is 2. The van der Waals surface area contributed by atoms with Crippen LogP contribution in [0.4, 0.5) is 27.8 Å². The fraction of sp³-hybridized carbons (Fsp3) is 0.143. The van der Waals surface area contributed by atoms with Crippen molar-refractivity contribution in [1.29, 1.82) is 0 Å². The summed E-state index contributed by atoms with van der Waals surface area (Å²) in [6, 6.07) is 9.81. The number of hydrogen-bond donors (Lipinski definition) is 1. The molecule has 0 radical (unpaired) electrons. The van der Waals surface area contributed by atoms with Crippen molar-refractivity contribution in [2.75, 3.05) is 5.32 Å². The van der Waals surface area contributed by atoms with Gasteiger partial charge in [-0.25, -0.2) is 13.5 Å². The van der Waals surface area contributed by atoms with Gasteiger partial charge < -0.3 is 5.32 Å². The Balaban J connectivity index is 1.89. The molecule has 1 aromatic heterocycles. The first kappa shape index (κ1) is 21.2. The van der Waals surface area contributed by atoms with Crippen molar-refractivity contribution < 1.29 is 26.7 Å². The summed E-state index contributed by atoms with van der Waals surface area (Å²) >= 11 is 0. The number of amides is 1. The van der Waals surface area contributed by atoms with Crippen LogP contribution in [0.2, 0.25) is 0 Å². The third-order valence-electron chi connectivity index (χ3n) is 4.26. The van der Waals surface area contributed by atoms with E-state index < -0.39 is 29.3 Å². The quantitative estimate of drug-likeness (QED) is 0.460. The van der Waals surface area contributed by atoms with Crippen LogP contribution in [0, 0.1) is 18.6 Å². The van der Waals surface area contributed by atoms with Gasteiger partial charge in [0.15, 0.2) is 0 Å². The van der Waals surface area contributed by atoms with Gasteiger partial charge in [0.05, 0.1) is 18.3 Å². The summed E-state index contributed by atoms with van der Waals surface area (Å²) in [6.45, 7) is 1.36. The normalized spacial score (nSPS) is 12.1. The van der Waals surface area contributed by atoms with Gasteiger partial charge in [-0.15, -0.1) is 0 Å². The molecule has 0 saturated heterocycles. The highest BCUT2D eigenvalue weighted by molar-refractivity contribution is 6.04. The maximum Gasteiger partial charge on any atom is 0.417 e. The lowest BCUT2D eigenvalue weighted by molar-refractivity contribution is -0.112. The molecule has 3 aromatic rings. The molecule has 0 aliphatic carbocycles. The monoisotopic (exact) mass is 421 g/mol. The molecule has 2 aromatic carbocycles. The van der Waals surface area contributed by atoms with E-state index >= 15 is 0 Å². The van der Waals surface area contributed by atoms with Crippen LogP contribution in [0.15, 0.2) is 60.8 Å². The number of nitrogens with one attached hydrogen (secondary N) is 1. The SMILES string of the molecule is Cc1cnn(Cc2cc(F)ccc2F)c1NC(=O)/C=C(/c1ccccc1)C(F)(F)F. The van der Waals surface area contributed by atoms with E-state index in [1.54, 1.807) is 13.0 Å². The number of nitrogens with zero attached hydrogens (tertiary/aromatic N) is 2. The molecule has 0 saturated carbocycles.